The summed E-state index contributed by atoms with van der Waals surface area (Å²) in [5.41, 5.74) is 8.67. The van der Waals surface area contributed by atoms with E-state index in [1.54, 1.807) is 0 Å². The lowest BCUT2D eigenvalue weighted by Gasteiger charge is -2.33. The molecule has 1 unspecified atom stereocenters. The molecule has 0 spiro atoms. The second kappa shape index (κ2) is 5.85. The summed E-state index contributed by atoms with van der Waals surface area (Å²) in [5.74, 6) is 1.98. The SMILES string of the molecule is CC(C)Cc1noc(CN2CC(N)Cc3ccccc32)n1. The zero-order valence-corrected chi connectivity index (χ0v) is 12.6. The largest absolute Gasteiger partial charge is 0.360 e. The molecule has 1 aromatic carbocycles. The monoisotopic (exact) mass is 286 g/mol. The number of nitrogens with two attached hydrogens (primary N) is 1. The van der Waals surface area contributed by atoms with Gasteiger partial charge in [0.15, 0.2) is 5.82 Å². The third-order valence-electron chi connectivity index (χ3n) is 3.70. The van der Waals surface area contributed by atoms with Crippen molar-refractivity contribution < 1.29 is 4.52 Å². The van der Waals surface area contributed by atoms with Gasteiger partial charge in [-0.25, -0.2) is 0 Å². The number of para-hydroxylation sites is 1. The van der Waals surface area contributed by atoms with Crippen LogP contribution in [0.25, 0.3) is 0 Å². The van der Waals surface area contributed by atoms with Gasteiger partial charge in [0.2, 0.25) is 5.89 Å². The van der Waals surface area contributed by atoms with Crippen molar-refractivity contribution >= 4 is 5.69 Å². The Labute approximate surface area is 125 Å². The molecule has 5 heteroatoms. The Bertz CT molecular complexity index is 608. The molecular weight excluding hydrogens is 264 g/mol. The highest BCUT2D eigenvalue weighted by Crippen LogP contribution is 2.27. The fourth-order valence-electron chi connectivity index (χ4n) is 2.84. The number of anilines is 1. The maximum absolute atomic E-state index is 6.16. The molecule has 0 saturated carbocycles. The number of benzene rings is 1. The van der Waals surface area contributed by atoms with Gasteiger partial charge in [0.25, 0.3) is 0 Å². The van der Waals surface area contributed by atoms with Crippen LogP contribution in [0.15, 0.2) is 28.8 Å². The summed E-state index contributed by atoms with van der Waals surface area (Å²) in [6, 6.07) is 8.53. The van der Waals surface area contributed by atoms with Crippen LogP contribution in [0, 0.1) is 5.92 Å². The first-order valence-electron chi connectivity index (χ1n) is 7.51. The van der Waals surface area contributed by atoms with E-state index in [0.29, 0.717) is 18.4 Å². The van der Waals surface area contributed by atoms with Crippen molar-refractivity contribution in [1.29, 1.82) is 0 Å². The van der Waals surface area contributed by atoms with Crippen LogP contribution in [0.3, 0.4) is 0 Å². The molecule has 1 aliphatic rings. The summed E-state index contributed by atoms with van der Waals surface area (Å²) in [6.45, 7) is 5.74. The Morgan fingerprint density at radius 3 is 3.00 bits per heavy atom. The van der Waals surface area contributed by atoms with Crippen LogP contribution in [0.1, 0.15) is 31.1 Å². The molecule has 1 aliphatic heterocycles. The lowest BCUT2D eigenvalue weighted by molar-refractivity contribution is 0.366. The predicted molar refractivity (Wildman–Crippen MR) is 82.0 cm³/mol. The topological polar surface area (TPSA) is 68.2 Å². The standard InChI is InChI=1S/C16H22N4O/c1-11(2)7-15-18-16(21-19-15)10-20-9-13(17)8-12-5-3-4-6-14(12)20/h3-6,11,13H,7-10,17H2,1-2H3. The van der Waals surface area contributed by atoms with Crippen LogP contribution in [0.5, 0.6) is 0 Å². The summed E-state index contributed by atoms with van der Waals surface area (Å²) in [5, 5.41) is 4.05. The van der Waals surface area contributed by atoms with Gasteiger partial charge in [-0.05, 0) is 24.0 Å². The van der Waals surface area contributed by atoms with Crippen molar-refractivity contribution in [3.05, 3.63) is 41.5 Å². The lowest BCUT2D eigenvalue weighted by Crippen LogP contribution is -2.42. The van der Waals surface area contributed by atoms with E-state index in [4.69, 9.17) is 10.3 Å². The van der Waals surface area contributed by atoms with Gasteiger partial charge in [0.1, 0.15) is 0 Å². The lowest BCUT2D eigenvalue weighted by atomic mass is 9.98. The number of rotatable bonds is 4. The highest BCUT2D eigenvalue weighted by Gasteiger charge is 2.23. The average molecular weight is 286 g/mol. The molecule has 5 nitrogen and oxygen atoms in total. The normalized spacial score (nSPS) is 18.1. The minimum Gasteiger partial charge on any atom is -0.360 e. The predicted octanol–water partition coefficient (Wildman–Crippen LogP) is 2.16. The number of fused-ring (bicyclic) bond motifs is 1. The van der Waals surface area contributed by atoms with E-state index < -0.39 is 0 Å². The molecule has 112 valence electrons. The Balaban J connectivity index is 1.77. The molecule has 0 saturated heterocycles. The second-order valence-corrected chi connectivity index (χ2v) is 6.18. The molecule has 0 fully saturated rings. The van der Waals surface area contributed by atoms with Gasteiger partial charge in [-0.15, -0.1) is 0 Å². The quantitative estimate of drug-likeness (QED) is 0.932. The third-order valence-corrected chi connectivity index (χ3v) is 3.70. The second-order valence-electron chi connectivity index (χ2n) is 6.18. The summed E-state index contributed by atoms with van der Waals surface area (Å²) in [7, 11) is 0. The highest BCUT2D eigenvalue weighted by atomic mass is 16.5. The molecule has 0 bridgehead atoms. The minimum absolute atomic E-state index is 0.151. The first-order valence-corrected chi connectivity index (χ1v) is 7.51. The van der Waals surface area contributed by atoms with Gasteiger partial charge < -0.3 is 15.2 Å². The highest BCUT2D eigenvalue weighted by molar-refractivity contribution is 5.56. The van der Waals surface area contributed by atoms with Crippen LogP contribution >= 0.6 is 0 Å². The first-order chi connectivity index (χ1) is 10.1. The number of hydrogen-bond donors (Lipinski definition) is 1. The Morgan fingerprint density at radius 1 is 1.38 bits per heavy atom. The van der Waals surface area contributed by atoms with E-state index in [-0.39, 0.29) is 6.04 Å². The molecule has 0 radical (unpaired) electrons. The Hall–Kier alpha value is -1.88. The maximum Gasteiger partial charge on any atom is 0.246 e. The number of nitrogens with zero attached hydrogens (tertiary/aromatic N) is 3. The third kappa shape index (κ3) is 3.24. The molecule has 0 amide bonds. The number of hydrogen-bond acceptors (Lipinski definition) is 5. The van der Waals surface area contributed by atoms with Crippen LogP contribution in [0.4, 0.5) is 5.69 Å². The molecule has 21 heavy (non-hydrogen) atoms. The van der Waals surface area contributed by atoms with Crippen molar-refractivity contribution in [2.75, 3.05) is 11.4 Å². The van der Waals surface area contributed by atoms with E-state index in [2.05, 4.69) is 53.2 Å². The molecule has 3 rings (SSSR count). The zero-order chi connectivity index (χ0) is 14.8. The van der Waals surface area contributed by atoms with Gasteiger partial charge in [-0.3, -0.25) is 0 Å². The van der Waals surface area contributed by atoms with Gasteiger partial charge in [-0.2, -0.15) is 4.98 Å². The van der Waals surface area contributed by atoms with E-state index >= 15 is 0 Å². The summed E-state index contributed by atoms with van der Waals surface area (Å²) >= 11 is 0. The molecule has 0 aliphatic carbocycles. The Kier molecular flexibility index (Phi) is 3.92. The molecule has 1 atom stereocenters. The van der Waals surface area contributed by atoms with E-state index in [1.807, 2.05) is 0 Å². The van der Waals surface area contributed by atoms with Gasteiger partial charge >= 0.3 is 0 Å². The maximum atomic E-state index is 6.16. The summed E-state index contributed by atoms with van der Waals surface area (Å²) in [6.07, 6.45) is 1.77. The van der Waals surface area contributed by atoms with Gasteiger partial charge in [-0.1, -0.05) is 37.2 Å². The molecule has 2 N–H and O–H groups in total. The van der Waals surface area contributed by atoms with Crippen molar-refractivity contribution in [3.8, 4) is 0 Å². The van der Waals surface area contributed by atoms with Crippen molar-refractivity contribution in [1.82, 2.24) is 10.1 Å². The van der Waals surface area contributed by atoms with E-state index in [0.717, 1.165) is 25.2 Å². The molecule has 2 heterocycles. The van der Waals surface area contributed by atoms with Crippen molar-refractivity contribution in [3.63, 3.8) is 0 Å². The van der Waals surface area contributed by atoms with E-state index in [9.17, 15) is 0 Å². The Morgan fingerprint density at radius 2 is 2.19 bits per heavy atom. The zero-order valence-electron chi connectivity index (χ0n) is 12.6. The fraction of sp³-hybridized carbons (Fsp3) is 0.500. The van der Waals surface area contributed by atoms with Crippen LogP contribution in [-0.2, 0) is 19.4 Å². The van der Waals surface area contributed by atoms with Gasteiger partial charge in [0.05, 0.1) is 6.54 Å². The van der Waals surface area contributed by atoms with Crippen molar-refractivity contribution in [2.45, 2.75) is 39.3 Å². The van der Waals surface area contributed by atoms with Crippen molar-refractivity contribution in [2.24, 2.45) is 11.7 Å². The van der Waals surface area contributed by atoms with Crippen LogP contribution in [-0.4, -0.2) is 22.7 Å². The van der Waals surface area contributed by atoms with Crippen LogP contribution < -0.4 is 10.6 Å². The molecular formula is C16H22N4O. The number of aromatic nitrogens is 2. The molecule has 1 aromatic heterocycles. The average Bonchev–Trinajstić information content (AvgIpc) is 2.85. The van der Waals surface area contributed by atoms with Crippen LogP contribution in [0.2, 0.25) is 0 Å². The first kappa shape index (κ1) is 14.1. The fourth-order valence-corrected chi connectivity index (χ4v) is 2.84. The summed E-state index contributed by atoms with van der Waals surface area (Å²) in [4.78, 5) is 6.71. The minimum atomic E-state index is 0.151. The van der Waals surface area contributed by atoms with E-state index in [1.165, 1.54) is 11.3 Å². The smallest absolute Gasteiger partial charge is 0.246 e. The van der Waals surface area contributed by atoms with Gasteiger partial charge in [0, 0.05) is 24.7 Å². The molecule has 2 aromatic rings. The summed E-state index contributed by atoms with van der Waals surface area (Å²) < 4.78 is 5.37.